The first-order chi connectivity index (χ1) is 13.0. The smallest absolute Gasteiger partial charge is 0.417 e. The molecule has 9 heteroatoms. The Morgan fingerprint density at radius 1 is 1.04 bits per heavy atom. The number of nitriles is 1. The average molecular weight is 389 g/mol. The Hall–Kier alpha value is -3.54. The van der Waals surface area contributed by atoms with Gasteiger partial charge in [-0.15, -0.1) is 0 Å². The maximum Gasteiger partial charge on any atom is 0.417 e. The molecule has 0 spiro atoms. The molecule has 1 saturated heterocycles. The maximum absolute atomic E-state index is 13.3. The monoisotopic (exact) mass is 389 g/mol. The molecule has 0 bridgehead atoms. The topological polar surface area (TPSA) is 84.6 Å². The molecular weight excluding hydrogens is 375 g/mol. The van der Waals surface area contributed by atoms with Crippen molar-refractivity contribution in [3.05, 3.63) is 53.6 Å². The van der Waals surface area contributed by atoms with E-state index in [9.17, 15) is 27.9 Å². The number of amides is 3. The number of carbonyl (C=O) groups is 2. The normalized spacial score (nSPS) is 16.4. The number of alkyl halides is 3. The van der Waals surface area contributed by atoms with E-state index >= 15 is 0 Å². The molecule has 2 aromatic rings. The Labute approximate surface area is 158 Å². The van der Waals surface area contributed by atoms with Gasteiger partial charge in [0.05, 0.1) is 22.9 Å². The van der Waals surface area contributed by atoms with Crippen LogP contribution in [0.4, 0.5) is 29.3 Å². The zero-order chi connectivity index (χ0) is 20.9. The minimum Gasteiger partial charge on any atom is -0.508 e. The molecule has 1 N–H and O–H groups in total. The fourth-order valence-corrected chi connectivity index (χ4v) is 3.06. The van der Waals surface area contributed by atoms with Crippen molar-refractivity contribution in [2.24, 2.45) is 0 Å². The minimum absolute atomic E-state index is 0.0432. The van der Waals surface area contributed by atoms with Crippen LogP contribution >= 0.6 is 0 Å². The molecule has 6 nitrogen and oxygen atoms in total. The van der Waals surface area contributed by atoms with Crippen molar-refractivity contribution >= 4 is 23.3 Å². The molecule has 3 amide bonds. The van der Waals surface area contributed by atoms with E-state index in [1.807, 2.05) is 0 Å². The van der Waals surface area contributed by atoms with Gasteiger partial charge in [0, 0.05) is 5.69 Å². The number of rotatable bonds is 2. The van der Waals surface area contributed by atoms with Gasteiger partial charge in [0.15, 0.2) is 0 Å². The predicted octanol–water partition coefficient (Wildman–Crippen LogP) is 4.03. The lowest BCUT2D eigenvalue weighted by Crippen LogP contribution is -2.44. The number of urea groups is 1. The van der Waals surface area contributed by atoms with Crippen LogP contribution in [0.1, 0.15) is 25.0 Å². The van der Waals surface area contributed by atoms with Gasteiger partial charge in [0.2, 0.25) is 0 Å². The molecule has 1 fully saturated rings. The average Bonchev–Trinajstić information content (AvgIpc) is 2.79. The Kier molecular flexibility index (Phi) is 4.30. The minimum atomic E-state index is -4.82. The molecular formula is C19H14F3N3O3. The summed E-state index contributed by atoms with van der Waals surface area (Å²) in [6.45, 7) is 2.93. The van der Waals surface area contributed by atoms with Gasteiger partial charge in [-0.3, -0.25) is 9.69 Å². The van der Waals surface area contributed by atoms with E-state index in [1.165, 1.54) is 44.2 Å². The first-order valence-electron chi connectivity index (χ1n) is 8.07. The van der Waals surface area contributed by atoms with Gasteiger partial charge < -0.3 is 5.11 Å². The third-order valence-electron chi connectivity index (χ3n) is 4.46. The third kappa shape index (κ3) is 2.93. The number of benzene rings is 2. The van der Waals surface area contributed by atoms with Gasteiger partial charge in [-0.1, -0.05) is 0 Å². The van der Waals surface area contributed by atoms with Gasteiger partial charge in [0.1, 0.15) is 11.3 Å². The van der Waals surface area contributed by atoms with E-state index in [1.54, 1.807) is 0 Å². The van der Waals surface area contributed by atoms with E-state index in [2.05, 4.69) is 0 Å². The summed E-state index contributed by atoms with van der Waals surface area (Å²) >= 11 is 0. The Morgan fingerprint density at radius 2 is 1.61 bits per heavy atom. The van der Waals surface area contributed by atoms with Crippen molar-refractivity contribution in [3.8, 4) is 11.8 Å². The molecule has 0 unspecified atom stereocenters. The van der Waals surface area contributed by atoms with Gasteiger partial charge in [-0.05, 0) is 56.3 Å². The number of aromatic hydroxyl groups is 1. The van der Waals surface area contributed by atoms with Crippen LogP contribution in [-0.2, 0) is 11.0 Å². The second-order valence-corrected chi connectivity index (χ2v) is 6.67. The summed E-state index contributed by atoms with van der Waals surface area (Å²) in [7, 11) is 0. The van der Waals surface area contributed by atoms with Crippen molar-refractivity contribution in [2.45, 2.75) is 25.6 Å². The van der Waals surface area contributed by atoms with Crippen molar-refractivity contribution in [2.75, 3.05) is 9.80 Å². The highest BCUT2D eigenvalue weighted by Crippen LogP contribution is 2.39. The fraction of sp³-hybridized carbons (Fsp3) is 0.211. The molecule has 144 valence electrons. The van der Waals surface area contributed by atoms with Crippen molar-refractivity contribution < 1.29 is 27.9 Å². The summed E-state index contributed by atoms with van der Waals surface area (Å²) in [5, 5.41) is 18.3. The number of anilines is 2. The summed E-state index contributed by atoms with van der Waals surface area (Å²) in [5.74, 6) is -0.762. The van der Waals surface area contributed by atoms with E-state index in [0.29, 0.717) is 16.7 Å². The Balaban J connectivity index is 2.11. The standard InChI is InChI=1S/C19H14F3N3O3/c1-18(2)16(27)24(17(28)25(18)12-5-7-14(26)8-6-12)13-4-3-11(10-23)15(9-13)19(20,21)22/h3-9,26H,1-2H3. The molecule has 28 heavy (non-hydrogen) atoms. The van der Waals surface area contributed by atoms with Crippen LogP contribution < -0.4 is 9.80 Å². The van der Waals surface area contributed by atoms with Crippen molar-refractivity contribution in [1.29, 1.82) is 5.26 Å². The molecule has 3 rings (SSSR count). The van der Waals surface area contributed by atoms with Crippen LogP contribution in [0.3, 0.4) is 0 Å². The lowest BCUT2D eigenvalue weighted by atomic mass is 10.0. The van der Waals surface area contributed by atoms with Crippen LogP contribution in [0, 0.1) is 11.3 Å². The van der Waals surface area contributed by atoms with E-state index < -0.39 is 34.8 Å². The largest absolute Gasteiger partial charge is 0.508 e. The SMILES string of the molecule is CC1(C)C(=O)N(c2ccc(C#N)c(C(F)(F)F)c2)C(=O)N1c1ccc(O)cc1. The Morgan fingerprint density at radius 3 is 2.14 bits per heavy atom. The van der Waals surface area contributed by atoms with E-state index in [0.717, 1.165) is 17.0 Å². The maximum atomic E-state index is 13.3. The summed E-state index contributed by atoms with van der Waals surface area (Å²) < 4.78 is 39.8. The highest BCUT2D eigenvalue weighted by Gasteiger charge is 2.53. The predicted molar refractivity (Wildman–Crippen MR) is 93.7 cm³/mol. The van der Waals surface area contributed by atoms with Crippen LogP contribution in [0.25, 0.3) is 0 Å². The summed E-state index contributed by atoms with van der Waals surface area (Å²) in [4.78, 5) is 27.6. The van der Waals surface area contributed by atoms with Gasteiger partial charge in [-0.2, -0.15) is 18.4 Å². The first-order valence-corrected chi connectivity index (χ1v) is 8.07. The molecule has 1 aliphatic heterocycles. The molecule has 0 aliphatic carbocycles. The van der Waals surface area contributed by atoms with Crippen molar-refractivity contribution in [3.63, 3.8) is 0 Å². The van der Waals surface area contributed by atoms with Crippen LogP contribution in [0.2, 0.25) is 0 Å². The van der Waals surface area contributed by atoms with Crippen LogP contribution in [-0.4, -0.2) is 22.6 Å². The van der Waals surface area contributed by atoms with Crippen LogP contribution in [0.5, 0.6) is 5.75 Å². The van der Waals surface area contributed by atoms with Crippen molar-refractivity contribution in [1.82, 2.24) is 0 Å². The van der Waals surface area contributed by atoms with E-state index in [4.69, 9.17) is 5.26 Å². The second kappa shape index (κ2) is 6.27. The Bertz CT molecular complexity index is 1010. The quantitative estimate of drug-likeness (QED) is 0.786. The van der Waals surface area contributed by atoms with Gasteiger partial charge in [-0.25, -0.2) is 9.69 Å². The lowest BCUT2D eigenvalue weighted by molar-refractivity contribution is -0.137. The number of hydrogen-bond donors (Lipinski definition) is 1. The van der Waals surface area contributed by atoms with E-state index in [-0.39, 0.29) is 11.4 Å². The molecule has 0 aromatic heterocycles. The number of carbonyl (C=O) groups excluding carboxylic acids is 2. The molecule has 1 aliphatic rings. The van der Waals surface area contributed by atoms with Gasteiger partial charge >= 0.3 is 12.2 Å². The highest BCUT2D eigenvalue weighted by molar-refractivity contribution is 6.30. The summed E-state index contributed by atoms with van der Waals surface area (Å²) in [6.07, 6.45) is -4.82. The highest BCUT2D eigenvalue weighted by atomic mass is 19.4. The zero-order valence-electron chi connectivity index (χ0n) is 14.8. The summed E-state index contributed by atoms with van der Waals surface area (Å²) in [6, 6.07) is 8.79. The number of phenolic OH excluding ortho intramolecular Hbond substituents is 1. The number of imide groups is 1. The lowest BCUT2D eigenvalue weighted by Gasteiger charge is -2.27. The zero-order valence-corrected chi connectivity index (χ0v) is 14.8. The molecule has 1 heterocycles. The number of phenols is 1. The number of halogens is 3. The molecule has 0 atom stereocenters. The summed E-state index contributed by atoms with van der Waals surface area (Å²) in [5.41, 5.74) is -3.19. The third-order valence-corrected chi connectivity index (χ3v) is 4.46. The van der Waals surface area contributed by atoms with Crippen LogP contribution in [0.15, 0.2) is 42.5 Å². The molecule has 2 aromatic carbocycles. The second-order valence-electron chi connectivity index (χ2n) is 6.67. The fourth-order valence-electron chi connectivity index (χ4n) is 3.06. The molecule has 0 saturated carbocycles. The first kappa shape index (κ1) is 19.2. The number of hydrogen-bond acceptors (Lipinski definition) is 4. The van der Waals surface area contributed by atoms with Gasteiger partial charge in [0.25, 0.3) is 5.91 Å². The number of nitrogens with zero attached hydrogens (tertiary/aromatic N) is 3. The molecule has 0 radical (unpaired) electrons.